The molecular formula is C11H18N2O. The van der Waals surface area contributed by atoms with Gasteiger partial charge in [-0.2, -0.15) is 0 Å². The van der Waals surface area contributed by atoms with Crippen molar-refractivity contribution < 1.29 is 4.84 Å². The molecule has 3 nitrogen and oxygen atoms in total. The molecule has 0 N–H and O–H groups in total. The van der Waals surface area contributed by atoms with Crippen LogP contribution < -0.4 is 0 Å². The van der Waals surface area contributed by atoms with Crippen molar-refractivity contribution in [1.29, 1.82) is 0 Å². The zero-order valence-electron chi connectivity index (χ0n) is 8.99. The van der Waals surface area contributed by atoms with E-state index in [1.54, 1.807) is 6.21 Å². The van der Waals surface area contributed by atoms with Crippen LogP contribution in [0.15, 0.2) is 29.1 Å². The van der Waals surface area contributed by atoms with Gasteiger partial charge < -0.3 is 9.74 Å². The Balaban J connectivity index is 2.36. The lowest BCUT2D eigenvalue weighted by Gasteiger charge is -2.20. The number of hydrogen-bond acceptors (Lipinski definition) is 3. The van der Waals surface area contributed by atoms with Crippen LogP contribution in [0.25, 0.3) is 0 Å². The fourth-order valence-corrected chi connectivity index (χ4v) is 1.25. The lowest BCUT2D eigenvalue weighted by Crippen LogP contribution is -2.25. The normalized spacial score (nSPS) is 18.3. The van der Waals surface area contributed by atoms with E-state index in [4.69, 9.17) is 4.84 Å². The van der Waals surface area contributed by atoms with E-state index in [-0.39, 0.29) is 0 Å². The van der Waals surface area contributed by atoms with Gasteiger partial charge >= 0.3 is 0 Å². The summed E-state index contributed by atoms with van der Waals surface area (Å²) in [6.07, 6.45) is 5.86. The van der Waals surface area contributed by atoms with Crippen LogP contribution in [0.2, 0.25) is 0 Å². The molecule has 1 aliphatic rings. The van der Waals surface area contributed by atoms with Gasteiger partial charge in [0.25, 0.3) is 0 Å². The predicted molar refractivity (Wildman–Crippen MR) is 59.2 cm³/mol. The molecule has 0 saturated carbocycles. The van der Waals surface area contributed by atoms with Crippen LogP contribution in [-0.4, -0.2) is 31.3 Å². The molecule has 1 aliphatic heterocycles. The molecule has 1 rings (SSSR count). The molecule has 0 saturated heterocycles. The Hall–Kier alpha value is -1.09. The zero-order valence-corrected chi connectivity index (χ0v) is 8.99. The molecule has 0 amide bonds. The van der Waals surface area contributed by atoms with E-state index in [0.29, 0.717) is 5.76 Å². The highest BCUT2D eigenvalue weighted by atomic mass is 16.6. The Labute approximate surface area is 85.7 Å². The number of oxime groups is 1. The number of likely N-dealkylation sites (N-methyl/N-ethyl adjacent to an activating group) is 1. The maximum absolute atomic E-state index is 5.04. The molecular weight excluding hydrogens is 176 g/mol. The molecule has 0 unspecified atom stereocenters. The second-order valence-electron chi connectivity index (χ2n) is 3.52. The molecule has 0 aliphatic carbocycles. The van der Waals surface area contributed by atoms with Gasteiger partial charge in [-0.05, 0) is 19.0 Å². The van der Waals surface area contributed by atoms with Gasteiger partial charge in [-0.3, -0.25) is 0 Å². The first-order valence-electron chi connectivity index (χ1n) is 4.98. The fraction of sp³-hybridized carbons (Fsp3) is 0.545. The average Bonchev–Trinajstić information content (AvgIpc) is 2.17. The number of allylic oxidation sites excluding steroid dienone is 1. The first-order chi connectivity index (χ1) is 6.72. The largest absolute Gasteiger partial charge is 0.362 e. The second kappa shape index (κ2) is 5.60. The topological polar surface area (TPSA) is 24.8 Å². The summed E-state index contributed by atoms with van der Waals surface area (Å²) in [5.41, 5.74) is 1.21. The van der Waals surface area contributed by atoms with Gasteiger partial charge in [0.1, 0.15) is 5.76 Å². The first-order valence-corrected chi connectivity index (χ1v) is 4.98. The third kappa shape index (κ3) is 3.75. The molecule has 0 bridgehead atoms. The van der Waals surface area contributed by atoms with Crippen molar-refractivity contribution in [3.05, 3.63) is 24.0 Å². The van der Waals surface area contributed by atoms with Crippen LogP contribution in [-0.2, 0) is 4.84 Å². The molecule has 0 aromatic carbocycles. The second-order valence-corrected chi connectivity index (χ2v) is 3.52. The number of rotatable bonds is 4. The molecule has 0 fully saturated rings. The van der Waals surface area contributed by atoms with Gasteiger partial charge in [-0.15, -0.1) is 0 Å². The summed E-state index contributed by atoms with van der Waals surface area (Å²) in [6.45, 7) is 7.77. The highest BCUT2D eigenvalue weighted by Gasteiger charge is 2.05. The molecule has 14 heavy (non-hydrogen) atoms. The van der Waals surface area contributed by atoms with Crippen molar-refractivity contribution in [2.75, 3.05) is 20.1 Å². The Kier molecular flexibility index (Phi) is 4.40. The maximum atomic E-state index is 5.04. The zero-order chi connectivity index (χ0) is 10.4. The monoisotopic (exact) mass is 194 g/mol. The van der Waals surface area contributed by atoms with E-state index >= 15 is 0 Å². The molecule has 1 heterocycles. The van der Waals surface area contributed by atoms with Crippen LogP contribution >= 0.6 is 0 Å². The summed E-state index contributed by atoms with van der Waals surface area (Å²) < 4.78 is 0. The van der Waals surface area contributed by atoms with E-state index in [1.807, 2.05) is 6.92 Å². The van der Waals surface area contributed by atoms with Gasteiger partial charge in [0.05, 0.1) is 6.21 Å². The van der Waals surface area contributed by atoms with Gasteiger partial charge in [-0.25, -0.2) is 0 Å². The molecule has 0 aromatic heterocycles. The molecule has 0 aromatic rings. The standard InChI is InChI=1S/C11H18N2O/c1-4-10(2)14-12-8-11-6-5-7-13(3)9-11/h6,8H,2,4-5,7,9H2,1,3H3. The smallest absolute Gasteiger partial charge is 0.127 e. The third-order valence-electron chi connectivity index (χ3n) is 2.16. The Bertz CT molecular complexity index is 256. The lowest BCUT2D eigenvalue weighted by atomic mass is 10.1. The van der Waals surface area contributed by atoms with Gasteiger partial charge in [0.15, 0.2) is 0 Å². The van der Waals surface area contributed by atoms with Crippen molar-refractivity contribution in [3.63, 3.8) is 0 Å². The van der Waals surface area contributed by atoms with Crippen molar-refractivity contribution in [2.24, 2.45) is 5.16 Å². The SMILES string of the molecule is C=C(CC)ON=CC1=CCCN(C)C1. The van der Waals surface area contributed by atoms with E-state index in [9.17, 15) is 0 Å². The summed E-state index contributed by atoms with van der Waals surface area (Å²) in [6, 6.07) is 0. The summed E-state index contributed by atoms with van der Waals surface area (Å²) in [5, 5.41) is 3.88. The van der Waals surface area contributed by atoms with Crippen LogP contribution in [0.5, 0.6) is 0 Å². The third-order valence-corrected chi connectivity index (χ3v) is 2.16. The van der Waals surface area contributed by atoms with Crippen LogP contribution in [0.3, 0.4) is 0 Å². The number of hydrogen-bond donors (Lipinski definition) is 0. The lowest BCUT2D eigenvalue weighted by molar-refractivity contribution is 0.222. The highest BCUT2D eigenvalue weighted by molar-refractivity contribution is 5.78. The predicted octanol–water partition coefficient (Wildman–Crippen LogP) is 2.17. The summed E-state index contributed by atoms with van der Waals surface area (Å²) in [4.78, 5) is 7.30. The first kappa shape index (κ1) is 11.0. The van der Waals surface area contributed by atoms with Gasteiger partial charge in [-0.1, -0.05) is 24.7 Å². The van der Waals surface area contributed by atoms with Crippen molar-refractivity contribution in [1.82, 2.24) is 4.90 Å². The molecule has 0 radical (unpaired) electrons. The number of nitrogens with zero attached hydrogens (tertiary/aromatic N) is 2. The van der Waals surface area contributed by atoms with Crippen molar-refractivity contribution in [2.45, 2.75) is 19.8 Å². The Morgan fingerprint density at radius 2 is 2.57 bits per heavy atom. The summed E-state index contributed by atoms with van der Waals surface area (Å²) >= 11 is 0. The van der Waals surface area contributed by atoms with Crippen molar-refractivity contribution >= 4 is 6.21 Å². The van der Waals surface area contributed by atoms with Crippen LogP contribution in [0, 0.1) is 0 Å². The minimum atomic E-state index is 0.700. The van der Waals surface area contributed by atoms with E-state index in [1.165, 1.54) is 5.57 Å². The van der Waals surface area contributed by atoms with Crippen LogP contribution in [0.1, 0.15) is 19.8 Å². The van der Waals surface area contributed by atoms with Gasteiger partial charge in [0.2, 0.25) is 0 Å². The summed E-state index contributed by atoms with van der Waals surface area (Å²) in [5.74, 6) is 0.700. The van der Waals surface area contributed by atoms with Crippen molar-refractivity contribution in [3.8, 4) is 0 Å². The maximum Gasteiger partial charge on any atom is 0.127 e. The van der Waals surface area contributed by atoms with Gasteiger partial charge in [0, 0.05) is 19.5 Å². The molecule has 0 spiro atoms. The van der Waals surface area contributed by atoms with E-state index in [2.05, 4.69) is 29.8 Å². The fourth-order valence-electron chi connectivity index (χ4n) is 1.25. The minimum absolute atomic E-state index is 0.700. The summed E-state index contributed by atoms with van der Waals surface area (Å²) in [7, 11) is 2.10. The highest BCUT2D eigenvalue weighted by Crippen LogP contribution is 2.06. The average molecular weight is 194 g/mol. The van der Waals surface area contributed by atoms with E-state index in [0.717, 1.165) is 25.9 Å². The molecule has 0 atom stereocenters. The Morgan fingerprint density at radius 3 is 3.21 bits per heavy atom. The Morgan fingerprint density at radius 1 is 1.79 bits per heavy atom. The quantitative estimate of drug-likeness (QED) is 0.389. The van der Waals surface area contributed by atoms with E-state index < -0.39 is 0 Å². The molecule has 3 heteroatoms. The van der Waals surface area contributed by atoms with Crippen LogP contribution in [0.4, 0.5) is 0 Å². The minimum Gasteiger partial charge on any atom is -0.362 e. The molecule has 78 valence electrons.